The topological polar surface area (TPSA) is 0 Å². The molecule has 0 nitrogen and oxygen atoms in total. The maximum atomic E-state index is 14.1. The summed E-state index contributed by atoms with van der Waals surface area (Å²) in [4.78, 5) is 0. The summed E-state index contributed by atoms with van der Waals surface area (Å²) in [7, 11) is 0. The lowest BCUT2D eigenvalue weighted by atomic mass is 9.72. The van der Waals surface area contributed by atoms with Crippen LogP contribution in [0.3, 0.4) is 0 Å². The smallest absolute Gasteiger partial charge is 0.221 e. The van der Waals surface area contributed by atoms with Gasteiger partial charge in [0, 0.05) is 0 Å². The minimum absolute atomic E-state index is 3.32. The highest BCUT2D eigenvalue weighted by Crippen LogP contribution is 2.68. The van der Waals surface area contributed by atoms with Gasteiger partial charge in [-0.25, -0.2) is 22.0 Å². The highest BCUT2D eigenvalue weighted by atomic mass is 19.4. The molecule has 0 fully saturated rings. The summed E-state index contributed by atoms with van der Waals surface area (Å²) < 4.78 is 185. The fraction of sp³-hybridized carbons (Fsp3) is 0.455. The van der Waals surface area contributed by atoms with Crippen LogP contribution in [0.4, 0.5) is 61.5 Å². The molecule has 0 saturated heterocycles. The van der Waals surface area contributed by atoms with Gasteiger partial charge >= 0.3 is 29.6 Å². The Morgan fingerprint density at radius 1 is 0.520 bits per heavy atom. The molecule has 0 N–H and O–H groups in total. The molecule has 0 radical (unpaired) electrons. The van der Waals surface area contributed by atoms with Crippen molar-refractivity contribution in [1.82, 2.24) is 0 Å². The summed E-state index contributed by atoms with van der Waals surface area (Å²) in [5, 5.41) is 0. The van der Waals surface area contributed by atoms with Gasteiger partial charge in [0.15, 0.2) is 23.3 Å². The molecule has 0 heterocycles. The SMILES string of the molecule is Fc1c(F)c(F)c2c(c1F)C(F)(F)C(F)(F)C(F)(F)C2(F)C(F)(F)F. The van der Waals surface area contributed by atoms with Crippen molar-refractivity contribution < 1.29 is 61.5 Å². The predicted octanol–water partition coefficient (Wildman–Crippen LogP) is 5.35. The zero-order chi connectivity index (χ0) is 20.0. The second-order valence-electron chi connectivity index (χ2n) is 4.89. The summed E-state index contributed by atoms with van der Waals surface area (Å²) in [5.74, 6) is -35.3. The molecule has 1 unspecified atom stereocenters. The third-order valence-electron chi connectivity index (χ3n) is 3.54. The standard InChI is InChI=1S/C11F14/c12-3-1-2(4(13)6(15)5(3)14)8(17,18)10(21,22)9(19,20)7(1,16)11(23,24)25. The molecule has 0 bridgehead atoms. The molecule has 1 aromatic rings. The van der Waals surface area contributed by atoms with Crippen molar-refractivity contribution in [3.8, 4) is 0 Å². The second-order valence-corrected chi connectivity index (χ2v) is 4.89. The highest BCUT2D eigenvalue weighted by molar-refractivity contribution is 5.48. The molecule has 14 heteroatoms. The van der Waals surface area contributed by atoms with Gasteiger partial charge in [-0.3, -0.25) is 0 Å². The number of fused-ring (bicyclic) bond motifs is 1. The average Bonchev–Trinajstić information content (AvgIpc) is 2.44. The van der Waals surface area contributed by atoms with Crippen molar-refractivity contribution in [3.63, 3.8) is 0 Å². The maximum absolute atomic E-state index is 14.1. The van der Waals surface area contributed by atoms with Crippen LogP contribution in [-0.2, 0) is 11.6 Å². The number of hydrogen-bond donors (Lipinski definition) is 0. The Morgan fingerprint density at radius 3 is 1.24 bits per heavy atom. The molecule has 1 atom stereocenters. The molecule has 1 aromatic carbocycles. The van der Waals surface area contributed by atoms with Gasteiger partial charge < -0.3 is 0 Å². The van der Waals surface area contributed by atoms with Crippen LogP contribution in [-0.4, -0.2) is 18.0 Å². The van der Waals surface area contributed by atoms with E-state index in [0.29, 0.717) is 0 Å². The summed E-state index contributed by atoms with van der Waals surface area (Å²) >= 11 is 0. The molecule has 25 heavy (non-hydrogen) atoms. The predicted molar refractivity (Wildman–Crippen MR) is 48.9 cm³/mol. The molecular weight excluding hydrogens is 398 g/mol. The lowest BCUT2D eigenvalue weighted by Crippen LogP contribution is -2.70. The first-order chi connectivity index (χ1) is 10.9. The van der Waals surface area contributed by atoms with Crippen LogP contribution in [0.1, 0.15) is 11.1 Å². The molecule has 142 valence electrons. The Morgan fingerprint density at radius 2 is 0.880 bits per heavy atom. The van der Waals surface area contributed by atoms with E-state index in [9.17, 15) is 61.5 Å². The van der Waals surface area contributed by atoms with E-state index < -0.39 is 64.0 Å². The summed E-state index contributed by atoms with van der Waals surface area (Å²) in [5.41, 5.74) is -14.5. The van der Waals surface area contributed by atoms with E-state index in [-0.39, 0.29) is 0 Å². The first-order valence-corrected chi connectivity index (χ1v) is 5.65. The van der Waals surface area contributed by atoms with Crippen molar-refractivity contribution >= 4 is 0 Å². The van der Waals surface area contributed by atoms with E-state index in [2.05, 4.69) is 0 Å². The zero-order valence-corrected chi connectivity index (χ0v) is 10.8. The van der Waals surface area contributed by atoms with Gasteiger partial charge in [0.1, 0.15) is 0 Å². The highest BCUT2D eigenvalue weighted by Gasteiger charge is 2.91. The molecular formula is C11F14. The fourth-order valence-electron chi connectivity index (χ4n) is 2.30. The third-order valence-corrected chi connectivity index (χ3v) is 3.54. The van der Waals surface area contributed by atoms with Crippen molar-refractivity contribution in [2.75, 3.05) is 0 Å². The van der Waals surface area contributed by atoms with Crippen LogP contribution in [0.2, 0.25) is 0 Å². The second kappa shape index (κ2) is 4.69. The summed E-state index contributed by atoms with van der Waals surface area (Å²) in [6.45, 7) is 0. The molecule has 0 amide bonds. The molecule has 0 saturated carbocycles. The van der Waals surface area contributed by atoms with Crippen LogP contribution in [0, 0.1) is 23.3 Å². The van der Waals surface area contributed by atoms with E-state index in [1.807, 2.05) is 0 Å². The normalized spacial score (nSPS) is 27.1. The van der Waals surface area contributed by atoms with Gasteiger partial charge in [0.05, 0.1) is 11.1 Å². The maximum Gasteiger partial charge on any atom is 0.433 e. The van der Waals surface area contributed by atoms with Crippen molar-refractivity contribution in [2.45, 2.75) is 29.6 Å². The lowest BCUT2D eigenvalue weighted by molar-refractivity contribution is -0.409. The largest absolute Gasteiger partial charge is 0.433 e. The fourth-order valence-corrected chi connectivity index (χ4v) is 2.30. The van der Waals surface area contributed by atoms with Crippen molar-refractivity contribution in [2.24, 2.45) is 0 Å². The number of alkyl halides is 10. The lowest BCUT2D eigenvalue weighted by Gasteiger charge is -2.46. The number of rotatable bonds is 0. The molecule has 0 aliphatic heterocycles. The summed E-state index contributed by atoms with van der Waals surface area (Å²) in [6.07, 6.45) is -7.25. The van der Waals surface area contributed by atoms with E-state index >= 15 is 0 Å². The van der Waals surface area contributed by atoms with Gasteiger partial charge in [0.2, 0.25) is 0 Å². The zero-order valence-electron chi connectivity index (χ0n) is 10.8. The van der Waals surface area contributed by atoms with Crippen LogP contribution in [0.15, 0.2) is 0 Å². The van der Waals surface area contributed by atoms with Crippen LogP contribution in [0.25, 0.3) is 0 Å². The quantitative estimate of drug-likeness (QED) is 0.314. The van der Waals surface area contributed by atoms with Gasteiger partial charge in [-0.1, -0.05) is 0 Å². The Hall–Kier alpha value is -1.76. The Kier molecular flexibility index (Phi) is 3.67. The van der Waals surface area contributed by atoms with E-state index in [0.717, 1.165) is 0 Å². The van der Waals surface area contributed by atoms with Crippen LogP contribution < -0.4 is 0 Å². The Labute approximate surface area is 127 Å². The number of benzene rings is 1. The van der Waals surface area contributed by atoms with Crippen LogP contribution >= 0.6 is 0 Å². The Balaban J connectivity index is 3.23. The van der Waals surface area contributed by atoms with Gasteiger partial charge in [-0.05, 0) is 0 Å². The van der Waals surface area contributed by atoms with E-state index in [1.165, 1.54) is 0 Å². The molecule has 2 rings (SSSR count). The van der Waals surface area contributed by atoms with Crippen LogP contribution in [0.5, 0.6) is 0 Å². The van der Waals surface area contributed by atoms with Crippen molar-refractivity contribution in [3.05, 3.63) is 34.4 Å². The molecule has 0 aromatic heterocycles. The van der Waals surface area contributed by atoms with Gasteiger partial charge in [-0.15, -0.1) is 0 Å². The minimum atomic E-state index is -7.41. The molecule has 1 aliphatic rings. The van der Waals surface area contributed by atoms with Crippen molar-refractivity contribution in [1.29, 1.82) is 0 Å². The third kappa shape index (κ3) is 1.85. The summed E-state index contributed by atoms with van der Waals surface area (Å²) in [6, 6.07) is 0. The minimum Gasteiger partial charge on any atom is -0.221 e. The van der Waals surface area contributed by atoms with E-state index in [1.54, 1.807) is 0 Å². The van der Waals surface area contributed by atoms with Gasteiger partial charge in [-0.2, -0.15) is 39.5 Å². The van der Waals surface area contributed by atoms with E-state index in [4.69, 9.17) is 0 Å². The molecule has 1 aliphatic carbocycles. The van der Waals surface area contributed by atoms with Gasteiger partial charge in [0.25, 0.3) is 0 Å². The number of hydrogen-bond acceptors (Lipinski definition) is 0. The Bertz CT molecular complexity index is 744. The monoisotopic (exact) mass is 398 g/mol. The average molecular weight is 398 g/mol. The first kappa shape index (κ1) is 19.6. The number of halogens is 14. The first-order valence-electron chi connectivity index (χ1n) is 5.65. The molecule has 0 spiro atoms.